The molecule has 0 spiro atoms. The van der Waals surface area contributed by atoms with E-state index in [1.54, 1.807) is 17.1 Å². The summed E-state index contributed by atoms with van der Waals surface area (Å²) in [5.74, 6) is 0.792. The fourth-order valence-electron chi connectivity index (χ4n) is 1.57. The van der Waals surface area contributed by atoms with Gasteiger partial charge in [-0.05, 0) is 18.2 Å². The maximum absolute atomic E-state index is 9.02. The zero-order valence-corrected chi connectivity index (χ0v) is 11.5. The summed E-state index contributed by atoms with van der Waals surface area (Å²) >= 11 is 3.34. The third-order valence-corrected chi connectivity index (χ3v) is 2.91. The van der Waals surface area contributed by atoms with E-state index in [0.29, 0.717) is 12.1 Å². The molecular weight excluding hydrogens is 294 g/mol. The summed E-state index contributed by atoms with van der Waals surface area (Å²) in [5, 5.41) is 16.4. The third-order valence-electron chi connectivity index (χ3n) is 2.41. The fraction of sp³-hybridized carbons (Fsp3) is 0.250. The average molecular weight is 306 g/mol. The fourth-order valence-corrected chi connectivity index (χ4v) is 1.93. The minimum atomic E-state index is 0.623. The van der Waals surface area contributed by atoms with Crippen LogP contribution in [0.5, 0.6) is 0 Å². The highest BCUT2D eigenvalue weighted by Crippen LogP contribution is 2.20. The zero-order chi connectivity index (χ0) is 13.0. The maximum Gasteiger partial charge on any atom is 0.152 e. The number of benzene rings is 1. The summed E-state index contributed by atoms with van der Waals surface area (Å²) in [7, 11) is 1.84. The van der Waals surface area contributed by atoms with Gasteiger partial charge in [-0.15, -0.1) is 0 Å². The molecule has 6 heteroatoms. The summed E-state index contributed by atoms with van der Waals surface area (Å²) in [6.45, 7) is 0.695. The van der Waals surface area contributed by atoms with E-state index < -0.39 is 0 Å². The summed E-state index contributed by atoms with van der Waals surface area (Å²) in [4.78, 5) is 4.14. The number of halogens is 1. The quantitative estimate of drug-likeness (QED) is 0.939. The molecule has 5 nitrogen and oxygen atoms in total. The lowest BCUT2D eigenvalue weighted by atomic mass is 10.2. The van der Waals surface area contributed by atoms with Crippen LogP contribution < -0.4 is 5.32 Å². The molecule has 0 aliphatic carbocycles. The zero-order valence-electron chi connectivity index (χ0n) is 9.89. The Kier molecular flexibility index (Phi) is 3.95. The van der Waals surface area contributed by atoms with Gasteiger partial charge in [-0.1, -0.05) is 15.9 Å². The lowest BCUT2D eigenvalue weighted by molar-refractivity contribution is 0.742. The van der Waals surface area contributed by atoms with Gasteiger partial charge >= 0.3 is 0 Å². The van der Waals surface area contributed by atoms with Gasteiger partial charge in [-0.2, -0.15) is 10.4 Å². The van der Waals surface area contributed by atoms with Gasteiger partial charge in [-0.25, -0.2) is 4.98 Å². The van der Waals surface area contributed by atoms with Crippen molar-refractivity contribution in [2.75, 3.05) is 11.9 Å². The van der Waals surface area contributed by atoms with E-state index in [4.69, 9.17) is 5.26 Å². The van der Waals surface area contributed by atoms with E-state index in [1.807, 2.05) is 19.2 Å². The Morgan fingerprint density at radius 2 is 2.33 bits per heavy atom. The predicted molar refractivity (Wildman–Crippen MR) is 72.1 cm³/mol. The van der Waals surface area contributed by atoms with Crippen LogP contribution in [-0.4, -0.2) is 21.3 Å². The molecule has 0 saturated heterocycles. The number of aromatic nitrogens is 3. The number of anilines is 1. The topological polar surface area (TPSA) is 66.5 Å². The Hall–Kier alpha value is -1.87. The number of hydrogen-bond acceptors (Lipinski definition) is 4. The summed E-state index contributed by atoms with van der Waals surface area (Å²) < 4.78 is 2.58. The van der Waals surface area contributed by atoms with Crippen LogP contribution in [0.4, 0.5) is 5.69 Å². The molecule has 0 unspecified atom stereocenters. The lowest BCUT2D eigenvalue weighted by Crippen LogP contribution is -2.07. The first-order valence-corrected chi connectivity index (χ1v) is 6.26. The monoisotopic (exact) mass is 305 g/mol. The minimum Gasteiger partial charge on any atom is -0.384 e. The first-order valence-electron chi connectivity index (χ1n) is 5.47. The molecule has 0 amide bonds. The van der Waals surface area contributed by atoms with E-state index >= 15 is 0 Å². The molecule has 0 aliphatic rings. The lowest BCUT2D eigenvalue weighted by Gasteiger charge is -2.07. The molecule has 0 radical (unpaired) electrons. The second kappa shape index (κ2) is 5.65. The molecule has 18 heavy (non-hydrogen) atoms. The predicted octanol–water partition coefficient (Wildman–Crippen LogP) is 2.10. The Morgan fingerprint density at radius 3 is 3.00 bits per heavy atom. The van der Waals surface area contributed by atoms with Gasteiger partial charge in [0, 0.05) is 24.5 Å². The molecule has 0 bridgehead atoms. The van der Waals surface area contributed by atoms with Crippen molar-refractivity contribution in [3.63, 3.8) is 0 Å². The summed E-state index contributed by atoms with van der Waals surface area (Å²) in [5.41, 5.74) is 1.45. The van der Waals surface area contributed by atoms with E-state index in [1.165, 1.54) is 0 Å². The van der Waals surface area contributed by atoms with Crippen LogP contribution in [-0.2, 0) is 13.5 Å². The second-order valence-electron chi connectivity index (χ2n) is 3.81. The smallest absolute Gasteiger partial charge is 0.152 e. The Bertz CT molecular complexity index is 584. The van der Waals surface area contributed by atoms with Crippen LogP contribution in [0.15, 0.2) is 29.0 Å². The first kappa shape index (κ1) is 12.6. The maximum atomic E-state index is 9.02. The van der Waals surface area contributed by atoms with E-state index in [2.05, 4.69) is 37.4 Å². The Morgan fingerprint density at radius 1 is 1.50 bits per heavy atom. The summed E-state index contributed by atoms with van der Waals surface area (Å²) in [6, 6.07) is 7.74. The van der Waals surface area contributed by atoms with E-state index in [-0.39, 0.29) is 0 Å². The van der Waals surface area contributed by atoms with Crippen molar-refractivity contribution >= 4 is 21.6 Å². The molecule has 0 fully saturated rings. The molecule has 0 atom stereocenters. The van der Waals surface area contributed by atoms with Gasteiger partial charge in [0.1, 0.15) is 12.4 Å². The number of aryl methyl sites for hydroxylation is 1. The van der Waals surface area contributed by atoms with E-state index in [0.717, 1.165) is 22.4 Å². The molecule has 1 N–H and O–H groups in total. The molecule has 1 aromatic heterocycles. The van der Waals surface area contributed by atoms with Gasteiger partial charge < -0.3 is 5.32 Å². The molecular formula is C12H12BrN5. The van der Waals surface area contributed by atoms with Gasteiger partial charge in [0.2, 0.25) is 0 Å². The number of hydrogen-bond donors (Lipinski definition) is 1. The van der Waals surface area contributed by atoms with Crippen LogP contribution in [0.1, 0.15) is 11.4 Å². The average Bonchev–Trinajstić information content (AvgIpc) is 2.77. The highest BCUT2D eigenvalue weighted by molar-refractivity contribution is 9.10. The summed E-state index contributed by atoms with van der Waals surface area (Å²) in [6.07, 6.45) is 2.40. The first-order chi connectivity index (χ1) is 8.69. The molecule has 0 saturated carbocycles. The minimum absolute atomic E-state index is 0.623. The number of nitriles is 1. The van der Waals surface area contributed by atoms with Crippen molar-refractivity contribution in [3.05, 3.63) is 40.4 Å². The molecule has 1 heterocycles. The van der Waals surface area contributed by atoms with Crippen LogP contribution in [0, 0.1) is 11.3 Å². The Balaban J connectivity index is 1.96. The van der Waals surface area contributed by atoms with Crippen LogP contribution >= 0.6 is 15.9 Å². The molecule has 0 aliphatic heterocycles. The third kappa shape index (κ3) is 3.08. The van der Waals surface area contributed by atoms with Crippen molar-refractivity contribution in [1.29, 1.82) is 5.26 Å². The van der Waals surface area contributed by atoms with Crippen molar-refractivity contribution in [2.24, 2.45) is 7.05 Å². The largest absolute Gasteiger partial charge is 0.384 e. The van der Waals surface area contributed by atoms with Crippen molar-refractivity contribution in [3.8, 4) is 6.07 Å². The van der Waals surface area contributed by atoms with Crippen LogP contribution in [0.2, 0.25) is 0 Å². The molecule has 2 aromatic rings. The van der Waals surface area contributed by atoms with Gasteiger partial charge in [0.05, 0.1) is 11.3 Å². The molecule has 92 valence electrons. The number of nitrogens with zero attached hydrogens (tertiary/aromatic N) is 4. The van der Waals surface area contributed by atoms with Gasteiger partial charge in [-0.3, -0.25) is 4.68 Å². The second-order valence-corrected chi connectivity index (χ2v) is 4.73. The molecule has 2 rings (SSSR count). The van der Waals surface area contributed by atoms with Crippen molar-refractivity contribution < 1.29 is 0 Å². The van der Waals surface area contributed by atoms with Crippen molar-refractivity contribution in [1.82, 2.24) is 14.8 Å². The van der Waals surface area contributed by atoms with Gasteiger partial charge in [0.15, 0.2) is 5.82 Å². The highest BCUT2D eigenvalue weighted by atomic mass is 79.9. The van der Waals surface area contributed by atoms with Crippen LogP contribution in [0.3, 0.4) is 0 Å². The highest BCUT2D eigenvalue weighted by Gasteiger charge is 2.03. The van der Waals surface area contributed by atoms with E-state index in [9.17, 15) is 0 Å². The normalized spacial score (nSPS) is 10.1. The number of rotatable bonds is 4. The molecule has 1 aromatic carbocycles. The standard InChI is InChI=1S/C12H12BrN5/c1-18-8-16-12(17-18)4-5-15-11-3-2-10(13)6-9(11)7-14/h2-3,6,8,15H,4-5H2,1H3. The van der Waals surface area contributed by atoms with Crippen LogP contribution in [0.25, 0.3) is 0 Å². The number of nitrogens with one attached hydrogen (secondary N) is 1. The van der Waals surface area contributed by atoms with Crippen molar-refractivity contribution in [2.45, 2.75) is 6.42 Å². The van der Waals surface area contributed by atoms with Gasteiger partial charge in [0.25, 0.3) is 0 Å². The SMILES string of the molecule is Cn1cnc(CCNc2ccc(Br)cc2C#N)n1. The Labute approximate surface area is 114 Å².